The first kappa shape index (κ1) is 13.8. The maximum atomic E-state index is 11.6. The van der Waals surface area contributed by atoms with E-state index in [-0.39, 0.29) is 5.97 Å². The van der Waals surface area contributed by atoms with Gasteiger partial charge in [-0.25, -0.2) is 14.8 Å². The number of hydrogen-bond acceptors (Lipinski definition) is 6. The molecule has 1 aromatic heterocycles. The molecule has 0 aliphatic rings. The van der Waals surface area contributed by atoms with Crippen LogP contribution in [0.4, 0.5) is 11.5 Å². The van der Waals surface area contributed by atoms with Crippen molar-refractivity contribution in [2.75, 3.05) is 18.2 Å². The summed E-state index contributed by atoms with van der Waals surface area (Å²) in [5.41, 5.74) is 7.75. The molecule has 0 atom stereocenters. The van der Waals surface area contributed by atoms with Gasteiger partial charge in [0.2, 0.25) is 0 Å². The summed E-state index contributed by atoms with van der Waals surface area (Å²) in [4.78, 5) is 19.8. The lowest BCUT2D eigenvalue weighted by atomic mass is 10.1. The van der Waals surface area contributed by atoms with Crippen LogP contribution in [0.3, 0.4) is 0 Å². The Morgan fingerprint density at radius 2 is 2.15 bits per heavy atom. The van der Waals surface area contributed by atoms with Gasteiger partial charge in [0.25, 0.3) is 0 Å². The molecule has 2 aromatic rings. The number of nitrogens with one attached hydrogen (secondary N) is 1. The van der Waals surface area contributed by atoms with Gasteiger partial charge in [-0.15, -0.1) is 0 Å². The molecule has 0 unspecified atom stereocenters. The van der Waals surface area contributed by atoms with Crippen LogP contribution in [0.2, 0.25) is 0 Å². The highest BCUT2D eigenvalue weighted by atomic mass is 16.5. The summed E-state index contributed by atoms with van der Waals surface area (Å²) >= 11 is 0. The van der Waals surface area contributed by atoms with Gasteiger partial charge < -0.3 is 15.8 Å². The number of rotatable bonds is 4. The fraction of sp³-hybridized carbons (Fsp3) is 0.214. The van der Waals surface area contributed by atoms with E-state index in [2.05, 4.69) is 15.3 Å². The van der Waals surface area contributed by atoms with E-state index in [0.717, 1.165) is 5.56 Å². The number of esters is 1. The molecule has 0 saturated heterocycles. The number of anilines is 2. The van der Waals surface area contributed by atoms with E-state index in [1.54, 1.807) is 31.3 Å². The molecule has 1 aromatic carbocycles. The fourth-order valence-corrected chi connectivity index (χ4v) is 1.76. The van der Waals surface area contributed by atoms with E-state index < -0.39 is 0 Å². The number of hydrogen-bond donors (Lipinski definition) is 2. The Morgan fingerprint density at radius 3 is 2.85 bits per heavy atom. The predicted octanol–water partition coefficient (Wildman–Crippen LogP) is 1.77. The average Bonchev–Trinajstić information content (AvgIpc) is 2.46. The first-order valence-electron chi connectivity index (χ1n) is 6.11. The van der Waals surface area contributed by atoms with Crippen LogP contribution in [-0.2, 0) is 11.3 Å². The number of carbonyl (C=O) groups is 1. The van der Waals surface area contributed by atoms with Crippen LogP contribution in [0.15, 0.2) is 30.5 Å². The van der Waals surface area contributed by atoms with Gasteiger partial charge in [0.15, 0.2) is 0 Å². The number of nitrogens with two attached hydrogens (primary N) is 1. The molecular weight excluding hydrogens is 256 g/mol. The van der Waals surface area contributed by atoms with E-state index in [1.807, 2.05) is 6.07 Å². The summed E-state index contributed by atoms with van der Waals surface area (Å²) in [6.45, 7) is 2.21. The molecule has 0 aliphatic heterocycles. The molecule has 0 bridgehead atoms. The Morgan fingerprint density at radius 1 is 1.40 bits per heavy atom. The summed E-state index contributed by atoms with van der Waals surface area (Å²) < 4.78 is 4.74. The van der Waals surface area contributed by atoms with Crippen molar-refractivity contribution in [3.05, 3.63) is 47.4 Å². The third-order valence-corrected chi connectivity index (χ3v) is 2.82. The molecule has 2 rings (SSSR count). The summed E-state index contributed by atoms with van der Waals surface area (Å²) in [7, 11) is 1.35. The number of aromatic nitrogens is 2. The zero-order valence-electron chi connectivity index (χ0n) is 11.4. The standard InChI is InChI=1S/C14H16N4O2/c1-9-16-7-10(13(15)18-9)8-17-12-6-4-3-5-11(12)14(19)20-2/h3-7,17H,8H2,1-2H3,(H2,15,16,18). The molecule has 1 heterocycles. The minimum absolute atomic E-state index is 0.388. The average molecular weight is 272 g/mol. The van der Waals surface area contributed by atoms with Crippen LogP contribution in [-0.4, -0.2) is 23.0 Å². The van der Waals surface area contributed by atoms with Crippen LogP contribution in [0.5, 0.6) is 0 Å². The van der Waals surface area contributed by atoms with Crippen molar-refractivity contribution < 1.29 is 9.53 Å². The highest BCUT2D eigenvalue weighted by Gasteiger charge is 2.11. The maximum absolute atomic E-state index is 11.6. The predicted molar refractivity (Wildman–Crippen MR) is 76.3 cm³/mol. The number of carbonyl (C=O) groups excluding carboxylic acids is 1. The summed E-state index contributed by atoms with van der Waals surface area (Å²) in [6, 6.07) is 7.12. The summed E-state index contributed by atoms with van der Waals surface area (Å²) in [6.07, 6.45) is 1.67. The maximum Gasteiger partial charge on any atom is 0.339 e. The third kappa shape index (κ3) is 3.03. The minimum atomic E-state index is -0.388. The van der Waals surface area contributed by atoms with Crippen molar-refractivity contribution in [1.82, 2.24) is 9.97 Å². The number of ether oxygens (including phenoxy) is 1. The van der Waals surface area contributed by atoms with Gasteiger partial charge in [-0.3, -0.25) is 0 Å². The zero-order chi connectivity index (χ0) is 14.5. The molecule has 20 heavy (non-hydrogen) atoms. The lowest BCUT2D eigenvalue weighted by molar-refractivity contribution is 0.0602. The highest BCUT2D eigenvalue weighted by Crippen LogP contribution is 2.18. The molecular formula is C14H16N4O2. The van der Waals surface area contributed by atoms with E-state index in [9.17, 15) is 4.79 Å². The second-order valence-corrected chi connectivity index (χ2v) is 4.22. The van der Waals surface area contributed by atoms with Gasteiger partial charge in [-0.1, -0.05) is 12.1 Å². The van der Waals surface area contributed by atoms with E-state index in [1.165, 1.54) is 7.11 Å². The van der Waals surface area contributed by atoms with Crippen molar-refractivity contribution in [2.45, 2.75) is 13.5 Å². The monoisotopic (exact) mass is 272 g/mol. The smallest absolute Gasteiger partial charge is 0.339 e. The molecule has 6 nitrogen and oxygen atoms in total. The van der Waals surface area contributed by atoms with Gasteiger partial charge in [0.1, 0.15) is 11.6 Å². The molecule has 0 amide bonds. The van der Waals surface area contributed by atoms with E-state index in [4.69, 9.17) is 10.5 Å². The molecule has 3 N–H and O–H groups in total. The molecule has 6 heteroatoms. The molecule has 0 radical (unpaired) electrons. The minimum Gasteiger partial charge on any atom is -0.465 e. The van der Waals surface area contributed by atoms with Gasteiger partial charge in [-0.2, -0.15) is 0 Å². The number of methoxy groups -OCH3 is 1. The van der Waals surface area contributed by atoms with Crippen LogP contribution in [0.25, 0.3) is 0 Å². The Kier molecular flexibility index (Phi) is 4.14. The van der Waals surface area contributed by atoms with Crippen molar-refractivity contribution in [3.63, 3.8) is 0 Å². The number of nitrogen functional groups attached to an aromatic ring is 1. The van der Waals surface area contributed by atoms with Gasteiger partial charge >= 0.3 is 5.97 Å². The second kappa shape index (κ2) is 6.01. The molecule has 0 aliphatic carbocycles. The lowest BCUT2D eigenvalue weighted by Crippen LogP contribution is -2.10. The van der Waals surface area contributed by atoms with Crippen molar-refractivity contribution in [3.8, 4) is 0 Å². The van der Waals surface area contributed by atoms with E-state index in [0.29, 0.717) is 29.4 Å². The largest absolute Gasteiger partial charge is 0.465 e. The molecule has 0 spiro atoms. The van der Waals surface area contributed by atoms with Crippen molar-refractivity contribution in [1.29, 1.82) is 0 Å². The summed E-state index contributed by atoms with van der Waals surface area (Å²) in [5.74, 6) is 0.669. The van der Waals surface area contributed by atoms with E-state index >= 15 is 0 Å². The molecule has 104 valence electrons. The Hall–Kier alpha value is -2.63. The van der Waals surface area contributed by atoms with Gasteiger partial charge in [0.05, 0.1) is 12.7 Å². The number of para-hydroxylation sites is 1. The number of benzene rings is 1. The van der Waals surface area contributed by atoms with Crippen LogP contribution in [0, 0.1) is 6.92 Å². The zero-order valence-corrected chi connectivity index (χ0v) is 11.4. The quantitative estimate of drug-likeness (QED) is 0.824. The molecule has 0 saturated carbocycles. The van der Waals surface area contributed by atoms with Crippen molar-refractivity contribution >= 4 is 17.5 Å². The summed E-state index contributed by atoms with van der Waals surface area (Å²) in [5, 5.41) is 3.14. The fourth-order valence-electron chi connectivity index (χ4n) is 1.76. The normalized spacial score (nSPS) is 10.1. The van der Waals surface area contributed by atoms with Crippen LogP contribution >= 0.6 is 0 Å². The SMILES string of the molecule is COC(=O)c1ccccc1NCc1cnc(C)nc1N. The second-order valence-electron chi connectivity index (χ2n) is 4.22. The van der Waals surface area contributed by atoms with Crippen LogP contribution in [0.1, 0.15) is 21.7 Å². The third-order valence-electron chi connectivity index (χ3n) is 2.82. The lowest BCUT2D eigenvalue weighted by Gasteiger charge is -2.11. The number of aryl methyl sites for hydroxylation is 1. The Balaban J connectivity index is 2.17. The first-order chi connectivity index (χ1) is 9.61. The molecule has 0 fully saturated rings. The Bertz CT molecular complexity index is 628. The van der Waals surface area contributed by atoms with Gasteiger partial charge in [-0.05, 0) is 19.1 Å². The van der Waals surface area contributed by atoms with Gasteiger partial charge in [0, 0.05) is 24.0 Å². The Labute approximate surface area is 117 Å². The first-order valence-corrected chi connectivity index (χ1v) is 6.11. The highest BCUT2D eigenvalue weighted by molar-refractivity contribution is 5.95. The topological polar surface area (TPSA) is 90.1 Å². The van der Waals surface area contributed by atoms with Crippen LogP contribution < -0.4 is 11.1 Å². The van der Waals surface area contributed by atoms with Crippen molar-refractivity contribution in [2.24, 2.45) is 0 Å². The number of nitrogens with zero attached hydrogens (tertiary/aromatic N) is 2.